The van der Waals surface area contributed by atoms with Gasteiger partial charge in [0.05, 0.1) is 0 Å². The molecule has 136 valence electrons. The molecule has 0 saturated heterocycles. The monoisotopic (exact) mass is 321 g/mol. The molecule has 0 aromatic carbocycles. The highest BCUT2D eigenvalue weighted by atomic mass is 14.9. The molecule has 1 heteroatoms. The molecule has 0 spiro atoms. The zero-order valence-corrected chi connectivity index (χ0v) is 16.0. The average Bonchev–Trinajstić information content (AvgIpc) is 2.58. The Labute approximate surface area is 146 Å². The van der Waals surface area contributed by atoms with Gasteiger partial charge in [-0.1, -0.05) is 96.3 Å². The van der Waals surface area contributed by atoms with E-state index in [1.807, 2.05) is 0 Å². The second-order valence-corrected chi connectivity index (χ2v) is 8.59. The molecule has 0 aromatic heterocycles. The first-order valence-electron chi connectivity index (χ1n) is 11.1. The van der Waals surface area contributed by atoms with E-state index in [0.29, 0.717) is 0 Å². The molecule has 2 saturated carbocycles. The first kappa shape index (κ1) is 19.3. The molecule has 2 atom stereocenters. The van der Waals surface area contributed by atoms with Crippen molar-refractivity contribution in [3.8, 4) is 0 Å². The van der Waals surface area contributed by atoms with Crippen LogP contribution in [0.4, 0.5) is 0 Å². The number of nitrogens with one attached hydrogen (secondary N) is 1. The molecule has 1 N–H and O–H groups in total. The van der Waals surface area contributed by atoms with Crippen LogP contribution in [0.2, 0.25) is 0 Å². The third-order valence-corrected chi connectivity index (χ3v) is 6.58. The molecule has 1 nitrogen and oxygen atoms in total. The van der Waals surface area contributed by atoms with Gasteiger partial charge in [-0.25, -0.2) is 0 Å². The van der Waals surface area contributed by atoms with E-state index in [0.717, 1.165) is 17.9 Å². The lowest BCUT2D eigenvalue weighted by molar-refractivity contribution is 0.256. The highest BCUT2D eigenvalue weighted by Crippen LogP contribution is 2.32. The van der Waals surface area contributed by atoms with Crippen LogP contribution in [0.5, 0.6) is 0 Å². The van der Waals surface area contributed by atoms with Crippen molar-refractivity contribution in [2.45, 2.75) is 122 Å². The Kier molecular flexibility index (Phi) is 10.3. The topological polar surface area (TPSA) is 12.0 Å². The number of hydrogen-bond acceptors (Lipinski definition) is 1. The van der Waals surface area contributed by atoms with Crippen LogP contribution in [0.3, 0.4) is 0 Å². The maximum absolute atomic E-state index is 3.63. The van der Waals surface area contributed by atoms with Crippen molar-refractivity contribution in [2.24, 2.45) is 11.8 Å². The Morgan fingerprint density at radius 3 is 1.52 bits per heavy atom. The molecule has 2 aliphatic carbocycles. The third kappa shape index (κ3) is 8.57. The van der Waals surface area contributed by atoms with E-state index in [1.54, 1.807) is 0 Å². The smallest absolute Gasteiger partial charge is 0.00667 e. The summed E-state index contributed by atoms with van der Waals surface area (Å²) in [5.41, 5.74) is 0. The van der Waals surface area contributed by atoms with Crippen LogP contribution < -0.4 is 5.32 Å². The van der Waals surface area contributed by atoms with Crippen molar-refractivity contribution in [1.82, 2.24) is 5.32 Å². The molecule has 0 heterocycles. The van der Waals surface area contributed by atoms with Crippen LogP contribution in [0.25, 0.3) is 0 Å². The van der Waals surface area contributed by atoms with Crippen molar-refractivity contribution < 1.29 is 0 Å². The fourth-order valence-electron chi connectivity index (χ4n) is 5.07. The second kappa shape index (κ2) is 12.3. The molecular weight excluding hydrogens is 278 g/mol. The normalized spacial score (nSPS) is 30.7. The minimum absolute atomic E-state index is 0.789. The molecule has 23 heavy (non-hydrogen) atoms. The molecule has 2 aliphatic rings. The first-order chi connectivity index (χ1) is 11.4. The summed E-state index contributed by atoms with van der Waals surface area (Å²) in [6.07, 6.45) is 26.9. The van der Waals surface area contributed by atoms with Gasteiger partial charge < -0.3 is 5.32 Å². The van der Waals surface area contributed by atoms with Gasteiger partial charge in [0.15, 0.2) is 0 Å². The van der Waals surface area contributed by atoms with Gasteiger partial charge in [-0.3, -0.25) is 0 Å². The van der Waals surface area contributed by atoms with E-state index >= 15 is 0 Å². The van der Waals surface area contributed by atoms with Gasteiger partial charge in [0.1, 0.15) is 0 Å². The van der Waals surface area contributed by atoms with Crippen LogP contribution in [-0.4, -0.2) is 13.1 Å². The zero-order valence-electron chi connectivity index (χ0n) is 16.0. The summed E-state index contributed by atoms with van der Waals surface area (Å²) in [5.74, 6) is 2.04. The van der Waals surface area contributed by atoms with Gasteiger partial charge in [-0.15, -0.1) is 0 Å². The molecule has 0 radical (unpaired) electrons. The van der Waals surface area contributed by atoms with Crippen molar-refractivity contribution in [2.75, 3.05) is 7.05 Å². The second-order valence-electron chi connectivity index (χ2n) is 8.59. The maximum Gasteiger partial charge on any atom is 0.00667 e. The molecule has 0 aliphatic heterocycles. The van der Waals surface area contributed by atoms with Gasteiger partial charge in [0, 0.05) is 6.04 Å². The quantitative estimate of drug-likeness (QED) is 0.599. The van der Waals surface area contributed by atoms with E-state index in [9.17, 15) is 0 Å². The fraction of sp³-hybridized carbons (Fsp3) is 1.00. The predicted octanol–water partition coefficient (Wildman–Crippen LogP) is 6.86. The Balaban J connectivity index is 1.83. The summed E-state index contributed by atoms with van der Waals surface area (Å²) in [5, 5.41) is 3.63. The largest absolute Gasteiger partial charge is 0.317 e. The van der Waals surface area contributed by atoms with Gasteiger partial charge >= 0.3 is 0 Å². The molecule has 2 unspecified atom stereocenters. The van der Waals surface area contributed by atoms with Crippen LogP contribution >= 0.6 is 0 Å². The van der Waals surface area contributed by atoms with Crippen LogP contribution in [0.1, 0.15) is 116 Å². The predicted molar refractivity (Wildman–Crippen MR) is 103 cm³/mol. The van der Waals surface area contributed by atoms with E-state index in [1.165, 1.54) is 116 Å². The molecule has 2 fully saturated rings. The molecule has 0 bridgehead atoms. The van der Waals surface area contributed by atoms with Crippen molar-refractivity contribution in [3.05, 3.63) is 0 Å². The lowest BCUT2D eigenvalue weighted by Crippen LogP contribution is -2.29. The molecule has 0 aromatic rings. The van der Waals surface area contributed by atoms with Gasteiger partial charge in [-0.2, -0.15) is 0 Å². The van der Waals surface area contributed by atoms with Gasteiger partial charge in [0.25, 0.3) is 0 Å². The average molecular weight is 322 g/mol. The van der Waals surface area contributed by atoms with E-state index < -0.39 is 0 Å². The fourth-order valence-corrected chi connectivity index (χ4v) is 5.07. The van der Waals surface area contributed by atoms with Gasteiger partial charge in [-0.05, 0) is 38.1 Å². The highest BCUT2D eigenvalue weighted by molar-refractivity contribution is 4.76. The standard InChI is InChI=1S/C22H43N/c1-23-22-17-13-9-5-8-12-16-21(19-22)18-20-14-10-6-3-2-4-7-11-15-20/h20-23H,2-19H2,1H3. The first-order valence-corrected chi connectivity index (χ1v) is 11.1. The van der Waals surface area contributed by atoms with Crippen molar-refractivity contribution >= 4 is 0 Å². The van der Waals surface area contributed by atoms with Crippen LogP contribution in [0.15, 0.2) is 0 Å². The Bertz CT molecular complexity index is 265. The lowest BCUT2D eigenvalue weighted by Gasteiger charge is -2.29. The summed E-state index contributed by atoms with van der Waals surface area (Å²) in [4.78, 5) is 0. The van der Waals surface area contributed by atoms with Crippen molar-refractivity contribution in [3.63, 3.8) is 0 Å². The SMILES string of the molecule is CNC1CCCCCCCC(CC2CCCCCCCCC2)C1. The van der Waals surface area contributed by atoms with E-state index in [2.05, 4.69) is 12.4 Å². The lowest BCUT2D eigenvalue weighted by atomic mass is 9.80. The van der Waals surface area contributed by atoms with E-state index in [-0.39, 0.29) is 0 Å². The maximum atomic E-state index is 3.63. The summed E-state index contributed by atoms with van der Waals surface area (Å²) < 4.78 is 0. The number of hydrogen-bond donors (Lipinski definition) is 1. The zero-order chi connectivity index (χ0) is 16.2. The van der Waals surface area contributed by atoms with Crippen LogP contribution in [0, 0.1) is 11.8 Å². The minimum Gasteiger partial charge on any atom is -0.317 e. The summed E-state index contributed by atoms with van der Waals surface area (Å²) >= 11 is 0. The molecule has 0 amide bonds. The summed E-state index contributed by atoms with van der Waals surface area (Å²) in [7, 11) is 2.19. The Morgan fingerprint density at radius 1 is 0.565 bits per heavy atom. The van der Waals surface area contributed by atoms with Gasteiger partial charge in [0.2, 0.25) is 0 Å². The third-order valence-electron chi connectivity index (χ3n) is 6.58. The summed E-state index contributed by atoms with van der Waals surface area (Å²) in [6, 6.07) is 0.789. The minimum atomic E-state index is 0.789. The highest BCUT2D eigenvalue weighted by Gasteiger charge is 2.20. The Morgan fingerprint density at radius 2 is 1.00 bits per heavy atom. The Hall–Kier alpha value is -0.0400. The van der Waals surface area contributed by atoms with Crippen LogP contribution in [-0.2, 0) is 0 Å². The van der Waals surface area contributed by atoms with E-state index in [4.69, 9.17) is 0 Å². The molecular formula is C22H43N. The number of rotatable bonds is 3. The van der Waals surface area contributed by atoms with Crippen molar-refractivity contribution in [1.29, 1.82) is 0 Å². The summed E-state index contributed by atoms with van der Waals surface area (Å²) in [6.45, 7) is 0. The molecule has 2 rings (SSSR count).